The number of benzene rings is 1. The minimum Gasteiger partial charge on any atom is -0.377 e. The third kappa shape index (κ3) is 6.65. The van der Waals surface area contributed by atoms with Crippen LogP contribution in [-0.2, 0) is 11.3 Å². The Morgan fingerprint density at radius 2 is 1.39 bits per heavy atom. The molecule has 2 saturated heterocycles. The molecule has 6 nitrogen and oxygen atoms in total. The van der Waals surface area contributed by atoms with Crippen LogP contribution in [0.25, 0.3) is 0 Å². The molecule has 4 rings (SSSR count). The van der Waals surface area contributed by atoms with Crippen molar-refractivity contribution in [2.24, 2.45) is 0 Å². The van der Waals surface area contributed by atoms with E-state index in [2.05, 4.69) is 63.0 Å². The number of ether oxygens (including phenoxy) is 1. The first-order valence-electron chi connectivity index (χ1n) is 12.6. The summed E-state index contributed by atoms with van der Waals surface area (Å²) in [6.07, 6.45) is 2.77. The zero-order chi connectivity index (χ0) is 21.5. The van der Waals surface area contributed by atoms with Crippen LogP contribution in [-0.4, -0.2) is 105 Å². The SMILES string of the molecule is CCN1CCN(CCOC2CC(NCc3ccc(N4CCN(CC)CC4)cc3)C2)CC1. The lowest BCUT2D eigenvalue weighted by Gasteiger charge is -2.37. The molecule has 0 amide bonds. The molecule has 0 unspecified atom stereocenters. The van der Waals surface area contributed by atoms with Crippen molar-refractivity contribution in [1.82, 2.24) is 20.0 Å². The average molecular weight is 430 g/mol. The summed E-state index contributed by atoms with van der Waals surface area (Å²) in [7, 11) is 0. The molecule has 174 valence electrons. The van der Waals surface area contributed by atoms with Gasteiger partial charge in [-0.05, 0) is 43.6 Å². The Morgan fingerprint density at radius 1 is 0.806 bits per heavy atom. The van der Waals surface area contributed by atoms with Gasteiger partial charge in [-0.15, -0.1) is 0 Å². The fourth-order valence-electron chi connectivity index (χ4n) is 4.96. The second-order valence-electron chi connectivity index (χ2n) is 9.41. The van der Waals surface area contributed by atoms with Crippen molar-refractivity contribution in [3.05, 3.63) is 29.8 Å². The van der Waals surface area contributed by atoms with Crippen LogP contribution < -0.4 is 10.2 Å². The highest BCUT2D eigenvalue weighted by atomic mass is 16.5. The summed E-state index contributed by atoms with van der Waals surface area (Å²) in [5.41, 5.74) is 2.75. The van der Waals surface area contributed by atoms with E-state index in [1.165, 1.54) is 63.6 Å². The normalized spacial score (nSPS) is 26.2. The largest absolute Gasteiger partial charge is 0.377 e. The monoisotopic (exact) mass is 429 g/mol. The Morgan fingerprint density at radius 3 is 2.00 bits per heavy atom. The lowest BCUT2D eigenvalue weighted by Crippen LogP contribution is -2.48. The molecule has 6 heteroatoms. The molecule has 0 atom stereocenters. The Labute approximate surface area is 189 Å². The zero-order valence-corrected chi connectivity index (χ0v) is 19.8. The first-order valence-corrected chi connectivity index (χ1v) is 12.6. The van der Waals surface area contributed by atoms with Gasteiger partial charge in [0.05, 0.1) is 12.7 Å². The molecule has 1 aliphatic carbocycles. The lowest BCUT2D eigenvalue weighted by molar-refractivity contribution is -0.0279. The van der Waals surface area contributed by atoms with Crippen LogP contribution in [0.3, 0.4) is 0 Å². The molecule has 0 radical (unpaired) electrons. The standard InChI is InChI=1S/C25H43N5O/c1-3-27-9-11-29(12-10-27)17-18-31-25-19-23(20-25)26-21-22-5-7-24(8-6-22)30-15-13-28(4-2)14-16-30/h5-8,23,25-26H,3-4,9-21H2,1-2H3. The van der Waals surface area contributed by atoms with E-state index in [9.17, 15) is 0 Å². The quantitative estimate of drug-likeness (QED) is 0.614. The van der Waals surface area contributed by atoms with Crippen molar-refractivity contribution in [3.8, 4) is 0 Å². The molecular weight excluding hydrogens is 386 g/mol. The van der Waals surface area contributed by atoms with Crippen molar-refractivity contribution < 1.29 is 4.74 Å². The summed E-state index contributed by atoms with van der Waals surface area (Å²) < 4.78 is 6.11. The number of hydrogen-bond donors (Lipinski definition) is 1. The van der Waals surface area contributed by atoms with Crippen LogP contribution in [0.4, 0.5) is 5.69 Å². The Balaban J connectivity index is 1.06. The van der Waals surface area contributed by atoms with E-state index in [0.717, 1.165) is 45.6 Å². The lowest BCUT2D eigenvalue weighted by atomic mass is 9.89. The van der Waals surface area contributed by atoms with Gasteiger partial charge in [-0.2, -0.15) is 0 Å². The molecule has 0 bridgehead atoms. The van der Waals surface area contributed by atoms with Gasteiger partial charge in [0, 0.05) is 77.2 Å². The highest BCUT2D eigenvalue weighted by molar-refractivity contribution is 5.48. The number of likely N-dealkylation sites (N-methyl/N-ethyl adjacent to an activating group) is 2. The molecule has 1 aromatic rings. The molecule has 3 fully saturated rings. The number of nitrogens with zero attached hydrogens (tertiary/aromatic N) is 4. The Bertz CT molecular complexity index is 632. The van der Waals surface area contributed by atoms with Crippen LogP contribution in [0.15, 0.2) is 24.3 Å². The number of piperazine rings is 2. The highest BCUT2D eigenvalue weighted by Crippen LogP contribution is 2.24. The third-order valence-corrected chi connectivity index (χ3v) is 7.48. The zero-order valence-electron chi connectivity index (χ0n) is 19.8. The topological polar surface area (TPSA) is 34.2 Å². The van der Waals surface area contributed by atoms with Crippen LogP contribution in [0.2, 0.25) is 0 Å². The minimum atomic E-state index is 0.457. The van der Waals surface area contributed by atoms with Gasteiger partial charge in [-0.1, -0.05) is 26.0 Å². The van der Waals surface area contributed by atoms with Crippen LogP contribution >= 0.6 is 0 Å². The highest BCUT2D eigenvalue weighted by Gasteiger charge is 2.29. The maximum atomic E-state index is 6.11. The first-order chi connectivity index (χ1) is 15.2. The summed E-state index contributed by atoms with van der Waals surface area (Å²) >= 11 is 0. The van der Waals surface area contributed by atoms with Gasteiger partial charge in [-0.3, -0.25) is 4.90 Å². The van der Waals surface area contributed by atoms with E-state index >= 15 is 0 Å². The molecule has 1 saturated carbocycles. The van der Waals surface area contributed by atoms with E-state index < -0.39 is 0 Å². The third-order valence-electron chi connectivity index (χ3n) is 7.48. The van der Waals surface area contributed by atoms with Gasteiger partial charge in [0.15, 0.2) is 0 Å². The molecule has 31 heavy (non-hydrogen) atoms. The summed E-state index contributed by atoms with van der Waals surface area (Å²) in [6.45, 7) is 19.3. The molecule has 0 spiro atoms. The number of nitrogens with one attached hydrogen (secondary N) is 1. The molecule has 0 aromatic heterocycles. The first kappa shape index (κ1) is 23.0. The number of hydrogen-bond acceptors (Lipinski definition) is 6. The summed E-state index contributed by atoms with van der Waals surface area (Å²) in [4.78, 5) is 10.1. The maximum Gasteiger partial charge on any atom is 0.0605 e. The molecule has 2 heterocycles. The predicted octanol–water partition coefficient (Wildman–Crippen LogP) is 2.10. The van der Waals surface area contributed by atoms with E-state index in [4.69, 9.17) is 4.74 Å². The maximum absolute atomic E-state index is 6.11. The van der Waals surface area contributed by atoms with E-state index in [1.807, 2.05) is 0 Å². The Hall–Kier alpha value is -1.18. The fraction of sp³-hybridized carbons (Fsp3) is 0.760. The molecule has 2 aliphatic heterocycles. The molecule has 1 N–H and O–H groups in total. The van der Waals surface area contributed by atoms with Crippen molar-refractivity contribution in [1.29, 1.82) is 0 Å². The second-order valence-corrected chi connectivity index (χ2v) is 9.41. The van der Waals surface area contributed by atoms with Crippen molar-refractivity contribution in [3.63, 3.8) is 0 Å². The summed E-state index contributed by atoms with van der Waals surface area (Å²) in [5, 5.41) is 3.71. The van der Waals surface area contributed by atoms with Crippen LogP contribution in [0, 0.1) is 0 Å². The van der Waals surface area contributed by atoms with Gasteiger partial charge < -0.3 is 24.8 Å². The predicted molar refractivity (Wildman–Crippen MR) is 129 cm³/mol. The van der Waals surface area contributed by atoms with Crippen molar-refractivity contribution in [2.45, 2.75) is 45.4 Å². The van der Waals surface area contributed by atoms with E-state index in [-0.39, 0.29) is 0 Å². The molecule has 3 aliphatic rings. The van der Waals surface area contributed by atoms with Crippen molar-refractivity contribution >= 4 is 5.69 Å². The van der Waals surface area contributed by atoms with Gasteiger partial charge in [0.2, 0.25) is 0 Å². The number of rotatable bonds is 10. The fourth-order valence-corrected chi connectivity index (χ4v) is 4.96. The molecule has 1 aromatic carbocycles. The second kappa shape index (κ2) is 11.6. The minimum absolute atomic E-state index is 0.457. The van der Waals surface area contributed by atoms with Crippen LogP contribution in [0.1, 0.15) is 32.3 Å². The summed E-state index contributed by atoms with van der Waals surface area (Å²) in [5.74, 6) is 0. The molecular formula is C25H43N5O. The number of anilines is 1. The van der Waals surface area contributed by atoms with Crippen molar-refractivity contribution in [2.75, 3.05) is 83.5 Å². The summed E-state index contributed by atoms with van der Waals surface area (Å²) in [6, 6.07) is 9.79. The smallest absolute Gasteiger partial charge is 0.0605 e. The van der Waals surface area contributed by atoms with Gasteiger partial charge >= 0.3 is 0 Å². The van der Waals surface area contributed by atoms with E-state index in [0.29, 0.717) is 12.1 Å². The van der Waals surface area contributed by atoms with Crippen LogP contribution in [0.5, 0.6) is 0 Å². The average Bonchev–Trinajstić information content (AvgIpc) is 2.81. The van der Waals surface area contributed by atoms with Gasteiger partial charge in [0.25, 0.3) is 0 Å². The van der Waals surface area contributed by atoms with Gasteiger partial charge in [-0.25, -0.2) is 0 Å². The Kier molecular flexibility index (Phi) is 8.62. The van der Waals surface area contributed by atoms with E-state index in [1.54, 1.807) is 0 Å². The van der Waals surface area contributed by atoms with Gasteiger partial charge in [0.1, 0.15) is 0 Å².